The van der Waals surface area contributed by atoms with Crippen LogP contribution in [0.4, 0.5) is 0 Å². The molecule has 0 aliphatic rings. The van der Waals surface area contributed by atoms with Crippen LogP contribution in [0.2, 0.25) is 0 Å². The van der Waals surface area contributed by atoms with Gasteiger partial charge >= 0.3 is 0 Å². The number of halogens is 1. The normalized spacial score (nSPS) is 10.6. The van der Waals surface area contributed by atoms with E-state index in [4.69, 9.17) is 5.73 Å². The third-order valence-electron chi connectivity index (χ3n) is 3.17. The van der Waals surface area contributed by atoms with Gasteiger partial charge in [-0.05, 0) is 18.9 Å². The van der Waals surface area contributed by atoms with Crippen molar-refractivity contribution in [2.24, 2.45) is 5.73 Å². The van der Waals surface area contributed by atoms with Crippen LogP contribution >= 0.6 is 12.4 Å². The molecule has 6 heteroatoms. The van der Waals surface area contributed by atoms with Gasteiger partial charge in [-0.3, -0.25) is 9.59 Å². The van der Waals surface area contributed by atoms with E-state index in [9.17, 15) is 9.59 Å². The van der Waals surface area contributed by atoms with Gasteiger partial charge in [0.25, 0.3) is 5.91 Å². The lowest BCUT2D eigenvalue weighted by Crippen LogP contribution is -2.52. The van der Waals surface area contributed by atoms with Crippen molar-refractivity contribution >= 4 is 18.3 Å². The van der Waals surface area contributed by atoms with Crippen LogP contribution in [-0.4, -0.2) is 23.0 Å². The molecule has 5 nitrogen and oxygen atoms in total. The molecule has 0 fully saturated rings. The van der Waals surface area contributed by atoms with Crippen molar-refractivity contribution in [1.82, 2.24) is 10.3 Å². The molecule has 1 aromatic heterocycles. The van der Waals surface area contributed by atoms with Crippen molar-refractivity contribution in [3.8, 4) is 0 Å². The number of pyridine rings is 1. The summed E-state index contributed by atoms with van der Waals surface area (Å²) in [4.78, 5) is 25.3. The minimum atomic E-state index is -0.368. The number of carbonyl (C=O) groups excluding carboxylic acids is 1. The Morgan fingerprint density at radius 1 is 1.39 bits per heavy atom. The Hall–Kier alpha value is -1.33. The molecule has 0 saturated carbocycles. The minimum absolute atomic E-state index is 0. The predicted octanol–water partition coefficient (Wildman–Crippen LogP) is 1.04. The van der Waals surface area contributed by atoms with E-state index in [2.05, 4.69) is 10.3 Å². The smallest absolute Gasteiger partial charge is 0.253 e. The predicted molar refractivity (Wildman–Crippen MR) is 74.1 cm³/mol. The molecule has 0 spiro atoms. The molecule has 0 saturated heterocycles. The van der Waals surface area contributed by atoms with Crippen LogP contribution in [0.1, 0.15) is 37.0 Å². The third kappa shape index (κ3) is 3.85. The molecule has 1 aromatic rings. The zero-order valence-electron chi connectivity index (χ0n) is 10.7. The standard InChI is InChI=1S/C12H19N3O2.ClH/c1-3-12(4-2,8-13)15-11(17)9-5-6-10(16)14-7-9;/h5-7H,3-4,8,13H2,1-2H3,(H,14,16)(H,15,17);1H. The summed E-state index contributed by atoms with van der Waals surface area (Å²) in [7, 11) is 0. The van der Waals surface area contributed by atoms with Crippen molar-refractivity contribution in [1.29, 1.82) is 0 Å². The largest absolute Gasteiger partial charge is 0.345 e. The van der Waals surface area contributed by atoms with Gasteiger partial charge in [0, 0.05) is 18.8 Å². The van der Waals surface area contributed by atoms with Crippen molar-refractivity contribution in [3.05, 3.63) is 34.2 Å². The molecule has 4 N–H and O–H groups in total. The van der Waals surface area contributed by atoms with Gasteiger partial charge in [0.05, 0.1) is 11.1 Å². The Morgan fingerprint density at radius 2 is 2.00 bits per heavy atom. The quantitative estimate of drug-likeness (QED) is 0.749. The molecule has 0 atom stereocenters. The van der Waals surface area contributed by atoms with Crippen LogP contribution in [0.25, 0.3) is 0 Å². The molecule has 0 radical (unpaired) electrons. The Balaban J connectivity index is 0.00000289. The van der Waals surface area contributed by atoms with Gasteiger partial charge < -0.3 is 16.0 Å². The summed E-state index contributed by atoms with van der Waals surface area (Å²) in [6.07, 6.45) is 2.95. The Labute approximate surface area is 113 Å². The summed E-state index contributed by atoms with van der Waals surface area (Å²) in [5.41, 5.74) is 5.55. The van der Waals surface area contributed by atoms with Gasteiger partial charge in [-0.2, -0.15) is 0 Å². The second-order valence-corrected chi connectivity index (χ2v) is 4.09. The highest BCUT2D eigenvalue weighted by molar-refractivity contribution is 5.94. The molecule has 0 aliphatic heterocycles. The van der Waals surface area contributed by atoms with Crippen molar-refractivity contribution < 1.29 is 4.79 Å². The number of amides is 1. The van der Waals surface area contributed by atoms with Crippen LogP contribution < -0.4 is 16.6 Å². The molecule has 18 heavy (non-hydrogen) atoms. The van der Waals surface area contributed by atoms with Gasteiger partial charge in [0.2, 0.25) is 5.56 Å². The first kappa shape index (κ1) is 16.7. The van der Waals surface area contributed by atoms with Crippen molar-refractivity contribution in [3.63, 3.8) is 0 Å². The maximum absolute atomic E-state index is 12.0. The molecule has 102 valence electrons. The Kier molecular flexibility index (Phi) is 6.65. The Bertz CT molecular complexity index is 412. The molecule has 0 aliphatic carbocycles. The molecule has 1 rings (SSSR count). The third-order valence-corrected chi connectivity index (χ3v) is 3.17. The number of rotatable bonds is 5. The summed E-state index contributed by atoms with van der Waals surface area (Å²) >= 11 is 0. The van der Waals surface area contributed by atoms with E-state index in [1.807, 2.05) is 13.8 Å². The fourth-order valence-electron chi connectivity index (χ4n) is 1.63. The fraction of sp³-hybridized carbons (Fsp3) is 0.500. The van der Waals surface area contributed by atoms with Crippen molar-refractivity contribution in [2.45, 2.75) is 32.2 Å². The summed E-state index contributed by atoms with van der Waals surface area (Å²) in [5.74, 6) is -0.213. The Morgan fingerprint density at radius 3 is 2.39 bits per heavy atom. The monoisotopic (exact) mass is 273 g/mol. The first-order valence-corrected chi connectivity index (χ1v) is 5.78. The van der Waals surface area contributed by atoms with Crippen LogP contribution in [0, 0.1) is 0 Å². The van der Waals surface area contributed by atoms with Crippen molar-refractivity contribution in [2.75, 3.05) is 6.54 Å². The number of carbonyl (C=O) groups is 1. The highest BCUT2D eigenvalue weighted by Gasteiger charge is 2.26. The number of nitrogens with two attached hydrogens (primary N) is 1. The van der Waals surface area contributed by atoms with Crippen LogP contribution in [0.5, 0.6) is 0 Å². The van der Waals surface area contributed by atoms with E-state index in [1.165, 1.54) is 18.3 Å². The second-order valence-electron chi connectivity index (χ2n) is 4.09. The zero-order valence-corrected chi connectivity index (χ0v) is 11.5. The van der Waals surface area contributed by atoms with E-state index < -0.39 is 0 Å². The minimum Gasteiger partial charge on any atom is -0.345 e. The summed E-state index contributed by atoms with van der Waals surface area (Å²) in [6, 6.07) is 2.83. The zero-order chi connectivity index (χ0) is 12.9. The maximum atomic E-state index is 12.0. The lowest BCUT2D eigenvalue weighted by molar-refractivity contribution is 0.0895. The average Bonchev–Trinajstić information content (AvgIpc) is 2.37. The van der Waals surface area contributed by atoms with Crippen LogP contribution in [0.15, 0.2) is 23.1 Å². The summed E-state index contributed by atoms with van der Waals surface area (Å²) in [6.45, 7) is 4.38. The van der Waals surface area contributed by atoms with Crippen LogP contribution in [0.3, 0.4) is 0 Å². The lowest BCUT2D eigenvalue weighted by Gasteiger charge is -2.31. The average molecular weight is 274 g/mol. The van der Waals surface area contributed by atoms with Gasteiger partial charge in [-0.15, -0.1) is 12.4 Å². The summed E-state index contributed by atoms with van der Waals surface area (Å²) in [5, 5.41) is 2.93. The van der Waals surface area contributed by atoms with Crippen LogP contribution in [-0.2, 0) is 0 Å². The number of hydrogen-bond acceptors (Lipinski definition) is 3. The number of aromatic amines is 1. The first-order chi connectivity index (χ1) is 8.06. The number of nitrogens with one attached hydrogen (secondary N) is 2. The first-order valence-electron chi connectivity index (χ1n) is 5.78. The molecular weight excluding hydrogens is 254 g/mol. The van der Waals surface area contributed by atoms with Gasteiger partial charge in [-0.1, -0.05) is 13.8 Å². The summed E-state index contributed by atoms with van der Waals surface area (Å²) < 4.78 is 0. The SMILES string of the molecule is CCC(CC)(CN)NC(=O)c1ccc(=O)[nH]c1.Cl. The number of hydrogen-bond donors (Lipinski definition) is 3. The molecule has 1 amide bonds. The van der Waals surface area contributed by atoms with Gasteiger partial charge in [-0.25, -0.2) is 0 Å². The van der Waals surface area contributed by atoms with E-state index in [1.54, 1.807) is 0 Å². The lowest BCUT2D eigenvalue weighted by atomic mass is 9.92. The molecule has 0 aromatic carbocycles. The van der Waals surface area contributed by atoms with E-state index in [0.717, 1.165) is 12.8 Å². The highest BCUT2D eigenvalue weighted by Crippen LogP contribution is 2.14. The molecular formula is C12H20ClN3O2. The molecule has 0 bridgehead atoms. The highest BCUT2D eigenvalue weighted by atomic mass is 35.5. The van der Waals surface area contributed by atoms with E-state index in [0.29, 0.717) is 12.1 Å². The maximum Gasteiger partial charge on any atom is 0.253 e. The molecule has 0 unspecified atom stereocenters. The molecule has 1 heterocycles. The number of aromatic nitrogens is 1. The van der Waals surface area contributed by atoms with Gasteiger partial charge in [0.1, 0.15) is 0 Å². The second kappa shape index (κ2) is 7.18. The van der Waals surface area contributed by atoms with E-state index in [-0.39, 0.29) is 29.4 Å². The van der Waals surface area contributed by atoms with Gasteiger partial charge in [0.15, 0.2) is 0 Å². The topological polar surface area (TPSA) is 88.0 Å². The fourth-order valence-corrected chi connectivity index (χ4v) is 1.63. The van der Waals surface area contributed by atoms with E-state index >= 15 is 0 Å². The number of H-pyrrole nitrogens is 1.